The number of hydrogen-bond acceptors (Lipinski definition) is 3. The summed E-state index contributed by atoms with van der Waals surface area (Å²) in [4.78, 5) is 24.7. The number of carbonyl (C=O) groups excluding carboxylic acids is 1. The fourth-order valence-electron chi connectivity index (χ4n) is 2.28. The Hall–Kier alpha value is -1.52. The number of amides is 1. The molecule has 1 fully saturated rings. The number of carboxylic acids is 1. The van der Waals surface area contributed by atoms with Crippen LogP contribution in [0.3, 0.4) is 0 Å². The maximum atomic E-state index is 11.9. The molecule has 1 amide bonds. The van der Waals surface area contributed by atoms with Crippen molar-refractivity contribution in [1.82, 2.24) is 4.90 Å². The van der Waals surface area contributed by atoms with Gasteiger partial charge in [0.1, 0.15) is 5.60 Å². The lowest BCUT2D eigenvalue weighted by atomic mass is 9.89. The first-order valence-corrected chi connectivity index (χ1v) is 7.56. The second-order valence-corrected chi connectivity index (χ2v) is 5.94. The third-order valence-corrected chi connectivity index (χ3v) is 3.18. The minimum Gasteiger partial charge on any atom is -0.481 e. The highest BCUT2D eigenvalue weighted by Crippen LogP contribution is 2.28. The van der Waals surface area contributed by atoms with E-state index in [0.29, 0.717) is 25.9 Å². The van der Waals surface area contributed by atoms with Gasteiger partial charge in [-0.3, -0.25) is 4.79 Å². The van der Waals surface area contributed by atoms with Gasteiger partial charge in [-0.2, -0.15) is 0 Å². The van der Waals surface area contributed by atoms with Crippen molar-refractivity contribution in [3.8, 4) is 0 Å². The maximum absolute atomic E-state index is 11.9. The SMILES string of the molecule is C=CCC(C(=O)O)C1CCN(C(=O)OC(C)(C)C)C1.CC. The summed E-state index contributed by atoms with van der Waals surface area (Å²) in [6.07, 6.45) is 2.39. The van der Waals surface area contributed by atoms with E-state index in [4.69, 9.17) is 4.74 Å². The molecule has 1 rings (SSSR count). The predicted octanol–water partition coefficient (Wildman–Crippen LogP) is 3.55. The molecule has 0 radical (unpaired) electrons. The third-order valence-electron chi connectivity index (χ3n) is 3.18. The highest BCUT2D eigenvalue weighted by Gasteiger charge is 2.36. The molecule has 2 atom stereocenters. The number of nitrogens with zero attached hydrogens (tertiary/aromatic N) is 1. The fourth-order valence-corrected chi connectivity index (χ4v) is 2.28. The maximum Gasteiger partial charge on any atom is 0.410 e. The van der Waals surface area contributed by atoms with E-state index in [0.717, 1.165) is 0 Å². The molecule has 1 heterocycles. The Balaban J connectivity index is 0.00000191. The Morgan fingerprint density at radius 1 is 1.43 bits per heavy atom. The molecular weight excluding hydrogens is 270 g/mol. The van der Waals surface area contributed by atoms with Crippen LogP contribution in [0.2, 0.25) is 0 Å². The third kappa shape index (κ3) is 6.65. The summed E-state index contributed by atoms with van der Waals surface area (Å²) in [6, 6.07) is 0. The second-order valence-electron chi connectivity index (χ2n) is 5.94. The van der Waals surface area contributed by atoms with Gasteiger partial charge in [-0.15, -0.1) is 6.58 Å². The van der Waals surface area contributed by atoms with E-state index >= 15 is 0 Å². The minimum atomic E-state index is -0.823. The van der Waals surface area contributed by atoms with Crippen LogP contribution < -0.4 is 0 Å². The Morgan fingerprint density at radius 2 is 2.00 bits per heavy atom. The highest BCUT2D eigenvalue weighted by molar-refractivity contribution is 5.72. The van der Waals surface area contributed by atoms with Crippen LogP contribution in [-0.2, 0) is 9.53 Å². The van der Waals surface area contributed by atoms with Crippen LogP contribution in [0.15, 0.2) is 12.7 Å². The van der Waals surface area contributed by atoms with Crippen molar-refractivity contribution in [2.45, 2.75) is 53.1 Å². The van der Waals surface area contributed by atoms with Gasteiger partial charge in [-0.25, -0.2) is 4.79 Å². The fraction of sp³-hybridized carbons (Fsp3) is 0.750. The molecule has 0 aromatic carbocycles. The lowest BCUT2D eigenvalue weighted by Crippen LogP contribution is -2.36. The molecule has 1 aliphatic rings. The summed E-state index contributed by atoms with van der Waals surface area (Å²) in [5.74, 6) is -1.32. The highest BCUT2D eigenvalue weighted by atomic mass is 16.6. The van der Waals surface area contributed by atoms with Crippen LogP contribution in [0.5, 0.6) is 0 Å². The molecule has 0 bridgehead atoms. The summed E-state index contributed by atoms with van der Waals surface area (Å²) < 4.78 is 5.29. The molecule has 0 spiro atoms. The van der Waals surface area contributed by atoms with Crippen LogP contribution in [0.1, 0.15) is 47.5 Å². The average Bonchev–Trinajstić information content (AvgIpc) is 2.85. The first-order valence-electron chi connectivity index (χ1n) is 7.56. The van der Waals surface area contributed by atoms with Gasteiger partial charge in [0.05, 0.1) is 5.92 Å². The minimum absolute atomic E-state index is 0.0250. The first-order chi connectivity index (χ1) is 9.74. The number of hydrogen-bond donors (Lipinski definition) is 1. The zero-order chi connectivity index (χ0) is 16.6. The summed E-state index contributed by atoms with van der Waals surface area (Å²) in [7, 11) is 0. The molecule has 1 saturated heterocycles. The topological polar surface area (TPSA) is 66.8 Å². The lowest BCUT2D eigenvalue weighted by Gasteiger charge is -2.25. The number of carboxylic acid groups (broad SMARTS) is 1. The van der Waals surface area contributed by atoms with Crippen molar-refractivity contribution in [2.24, 2.45) is 11.8 Å². The van der Waals surface area contributed by atoms with E-state index in [1.165, 1.54) is 0 Å². The number of rotatable bonds is 4. The zero-order valence-corrected chi connectivity index (χ0v) is 13.9. The number of ether oxygens (including phenoxy) is 1. The molecule has 2 unspecified atom stereocenters. The van der Waals surface area contributed by atoms with Crippen molar-refractivity contribution in [3.05, 3.63) is 12.7 Å². The summed E-state index contributed by atoms with van der Waals surface area (Å²) in [5.41, 5.74) is -0.525. The Morgan fingerprint density at radius 3 is 2.43 bits per heavy atom. The van der Waals surface area contributed by atoms with Crippen molar-refractivity contribution in [1.29, 1.82) is 0 Å². The molecule has 0 aromatic rings. The number of aliphatic carboxylic acids is 1. The number of likely N-dealkylation sites (tertiary alicyclic amines) is 1. The van der Waals surface area contributed by atoms with Crippen molar-refractivity contribution >= 4 is 12.1 Å². The Kier molecular flexibility index (Phi) is 8.07. The van der Waals surface area contributed by atoms with E-state index < -0.39 is 17.5 Å². The van der Waals surface area contributed by atoms with E-state index in [9.17, 15) is 14.7 Å². The summed E-state index contributed by atoms with van der Waals surface area (Å²) in [5, 5.41) is 9.19. The van der Waals surface area contributed by atoms with Crippen LogP contribution in [0, 0.1) is 11.8 Å². The molecule has 1 aliphatic heterocycles. The quantitative estimate of drug-likeness (QED) is 0.806. The largest absolute Gasteiger partial charge is 0.481 e. The Labute approximate surface area is 128 Å². The van der Waals surface area contributed by atoms with Gasteiger partial charge in [0.25, 0.3) is 0 Å². The van der Waals surface area contributed by atoms with Crippen LogP contribution in [-0.4, -0.2) is 40.8 Å². The molecule has 0 aromatic heterocycles. The molecular formula is C16H29NO4. The van der Waals surface area contributed by atoms with E-state index in [-0.39, 0.29) is 12.0 Å². The van der Waals surface area contributed by atoms with Gasteiger partial charge >= 0.3 is 12.1 Å². The lowest BCUT2D eigenvalue weighted by molar-refractivity contribution is -0.143. The van der Waals surface area contributed by atoms with Gasteiger partial charge in [-0.1, -0.05) is 19.9 Å². The van der Waals surface area contributed by atoms with Crippen molar-refractivity contribution in [2.75, 3.05) is 13.1 Å². The van der Waals surface area contributed by atoms with Crippen LogP contribution in [0.25, 0.3) is 0 Å². The summed E-state index contributed by atoms with van der Waals surface area (Å²) in [6.45, 7) is 14.0. The van der Waals surface area contributed by atoms with Crippen molar-refractivity contribution in [3.63, 3.8) is 0 Å². The van der Waals surface area contributed by atoms with Gasteiger partial charge in [0, 0.05) is 13.1 Å². The first kappa shape index (κ1) is 19.5. The van der Waals surface area contributed by atoms with Gasteiger partial charge in [0.2, 0.25) is 0 Å². The van der Waals surface area contributed by atoms with Crippen LogP contribution in [0.4, 0.5) is 4.79 Å². The molecule has 0 aliphatic carbocycles. The van der Waals surface area contributed by atoms with E-state index in [1.807, 2.05) is 34.6 Å². The molecule has 5 nitrogen and oxygen atoms in total. The molecule has 5 heteroatoms. The summed E-state index contributed by atoms with van der Waals surface area (Å²) >= 11 is 0. The van der Waals surface area contributed by atoms with Gasteiger partial charge in [0.15, 0.2) is 0 Å². The van der Waals surface area contributed by atoms with E-state index in [1.54, 1.807) is 11.0 Å². The smallest absolute Gasteiger partial charge is 0.410 e. The molecule has 1 N–H and O–H groups in total. The van der Waals surface area contributed by atoms with Crippen LogP contribution >= 0.6 is 0 Å². The van der Waals surface area contributed by atoms with Gasteiger partial charge < -0.3 is 14.7 Å². The zero-order valence-electron chi connectivity index (χ0n) is 13.9. The monoisotopic (exact) mass is 299 g/mol. The van der Waals surface area contributed by atoms with Gasteiger partial charge in [-0.05, 0) is 39.5 Å². The predicted molar refractivity (Wildman–Crippen MR) is 83.2 cm³/mol. The Bertz CT molecular complexity index is 360. The van der Waals surface area contributed by atoms with E-state index in [2.05, 4.69) is 6.58 Å². The second kappa shape index (κ2) is 8.70. The molecule has 122 valence electrons. The molecule has 0 saturated carbocycles. The normalized spacial score (nSPS) is 19.3. The average molecular weight is 299 g/mol. The number of carbonyl (C=O) groups is 2. The standard InChI is InChI=1S/C14H23NO4.C2H6/c1-5-6-11(12(16)17)10-7-8-15(9-10)13(18)19-14(2,3)4;1-2/h5,10-11H,1,6-9H2,2-4H3,(H,16,17);1-2H3. The molecule has 21 heavy (non-hydrogen) atoms. The van der Waals surface area contributed by atoms with Crippen molar-refractivity contribution < 1.29 is 19.4 Å². The number of allylic oxidation sites excluding steroid dienone is 1.